The van der Waals surface area contributed by atoms with Gasteiger partial charge in [0.05, 0.1) is 17.7 Å². The summed E-state index contributed by atoms with van der Waals surface area (Å²) in [6, 6.07) is 15.4. The van der Waals surface area contributed by atoms with Gasteiger partial charge in [0.1, 0.15) is 12.3 Å². The van der Waals surface area contributed by atoms with Gasteiger partial charge in [-0.2, -0.15) is 5.10 Å². The van der Waals surface area contributed by atoms with Crippen molar-refractivity contribution < 1.29 is 14.3 Å². The molecule has 168 valence electrons. The minimum atomic E-state index is -0.256. The van der Waals surface area contributed by atoms with Gasteiger partial charge in [-0.25, -0.2) is 4.68 Å². The zero-order chi connectivity index (χ0) is 22.6. The molecule has 1 amide bonds. The summed E-state index contributed by atoms with van der Waals surface area (Å²) in [5.74, 6) is 0.603. The van der Waals surface area contributed by atoms with Crippen molar-refractivity contribution in [1.82, 2.24) is 15.1 Å². The van der Waals surface area contributed by atoms with Crippen molar-refractivity contribution in [2.45, 2.75) is 38.6 Å². The van der Waals surface area contributed by atoms with E-state index in [1.54, 1.807) is 6.07 Å². The number of fused-ring (bicyclic) bond motifs is 1. The number of benzene rings is 2. The number of nitrogens with one attached hydrogen (secondary N) is 1. The maximum Gasteiger partial charge on any atom is 0.275 e. The van der Waals surface area contributed by atoms with E-state index in [0.717, 1.165) is 35.2 Å². The maximum absolute atomic E-state index is 12.8. The van der Waals surface area contributed by atoms with Crippen LogP contribution >= 0.6 is 0 Å². The molecule has 2 aromatic carbocycles. The summed E-state index contributed by atoms with van der Waals surface area (Å²) < 4.78 is 12.4. The molecule has 1 saturated heterocycles. The fraction of sp³-hybridized carbons (Fsp3) is 0.400. The molecule has 1 aliphatic heterocycles. The molecule has 7 heteroatoms. The average molecular weight is 436 g/mol. The van der Waals surface area contributed by atoms with E-state index in [0.29, 0.717) is 31.8 Å². The summed E-state index contributed by atoms with van der Waals surface area (Å²) in [7, 11) is 0. The molecule has 1 fully saturated rings. The summed E-state index contributed by atoms with van der Waals surface area (Å²) in [6.07, 6.45) is 1.63. The topological polar surface area (TPSA) is 82.5 Å². The van der Waals surface area contributed by atoms with Crippen LogP contribution in [0.3, 0.4) is 0 Å². The summed E-state index contributed by atoms with van der Waals surface area (Å²) in [6.45, 7) is 6.09. The SMILES string of the molecule is CCOc1ccc(C2(CNC(=O)Cn3nc(C)c4ccccc4c3=O)CCOCC2)cc1. The molecule has 1 aromatic heterocycles. The Morgan fingerprint density at radius 1 is 1.12 bits per heavy atom. The Balaban J connectivity index is 1.50. The van der Waals surface area contributed by atoms with Crippen molar-refractivity contribution in [2.75, 3.05) is 26.4 Å². The van der Waals surface area contributed by atoms with Crippen LogP contribution in [-0.4, -0.2) is 42.1 Å². The molecule has 0 aliphatic carbocycles. The number of carbonyl (C=O) groups is 1. The van der Waals surface area contributed by atoms with Gasteiger partial charge in [-0.05, 0) is 50.5 Å². The van der Waals surface area contributed by atoms with Gasteiger partial charge >= 0.3 is 0 Å². The highest BCUT2D eigenvalue weighted by Gasteiger charge is 2.35. The van der Waals surface area contributed by atoms with Gasteiger partial charge < -0.3 is 14.8 Å². The standard InChI is InChI=1S/C25H29N3O4/c1-3-32-20-10-8-19(9-11-20)25(12-14-31-15-13-25)17-26-23(29)16-28-24(30)22-7-5-4-6-21(22)18(2)27-28/h4-11H,3,12-17H2,1-2H3,(H,26,29). The van der Waals surface area contributed by atoms with Gasteiger partial charge in [0, 0.05) is 30.6 Å². The summed E-state index contributed by atoms with van der Waals surface area (Å²) in [5.41, 5.74) is 1.41. The van der Waals surface area contributed by atoms with Crippen LogP contribution in [0.25, 0.3) is 10.8 Å². The normalized spacial score (nSPS) is 15.4. The monoisotopic (exact) mass is 435 g/mol. The van der Waals surface area contributed by atoms with Crippen LogP contribution in [0.4, 0.5) is 0 Å². The first kappa shape index (κ1) is 22.0. The lowest BCUT2D eigenvalue weighted by Gasteiger charge is -2.38. The molecule has 1 N–H and O–H groups in total. The first-order valence-electron chi connectivity index (χ1n) is 11.1. The number of rotatable bonds is 7. The molecule has 0 atom stereocenters. The third-order valence-corrected chi connectivity index (χ3v) is 6.20. The second-order valence-electron chi connectivity index (χ2n) is 8.22. The number of amides is 1. The quantitative estimate of drug-likeness (QED) is 0.617. The number of carbonyl (C=O) groups excluding carboxylic acids is 1. The van der Waals surface area contributed by atoms with Crippen molar-refractivity contribution in [2.24, 2.45) is 0 Å². The maximum atomic E-state index is 12.8. The molecule has 0 bridgehead atoms. The Kier molecular flexibility index (Phi) is 6.55. The molecule has 0 saturated carbocycles. The minimum absolute atomic E-state index is 0.111. The number of aryl methyl sites for hydroxylation is 1. The molecule has 7 nitrogen and oxygen atoms in total. The van der Waals surface area contributed by atoms with Crippen LogP contribution in [0.5, 0.6) is 5.75 Å². The molecule has 3 aromatic rings. The summed E-state index contributed by atoms with van der Waals surface area (Å²) in [4.78, 5) is 25.6. The van der Waals surface area contributed by atoms with Crippen LogP contribution in [0.1, 0.15) is 31.0 Å². The second-order valence-corrected chi connectivity index (χ2v) is 8.22. The number of hydrogen-bond donors (Lipinski definition) is 1. The van der Waals surface area contributed by atoms with Crippen molar-refractivity contribution in [3.8, 4) is 5.75 Å². The fourth-order valence-electron chi connectivity index (χ4n) is 4.37. The second kappa shape index (κ2) is 9.53. The molecule has 0 unspecified atom stereocenters. The number of ether oxygens (including phenoxy) is 2. The number of aromatic nitrogens is 2. The van der Waals surface area contributed by atoms with Crippen LogP contribution in [0, 0.1) is 6.92 Å². The van der Waals surface area contributed by atoms with Crippen molar-refractivity contribution in [3.05, 3.63) is 70.1 Å². The van der Waals surface area contributed by atoms with E-state index >= 15 is 0 Å². The Morgan fingerprint density at radius 3 is 2.50 bits per heavy atom. The lowest BCUT2D eigenvalue weighted by molar-refractivity contribution is -0.122. The van der Waals surface area contributed by atoms with E-state index in [-0.39, 0.29) is 23.4 Å². The molecule has 0 radical (unpaired) electrons. The molecule has 4 rings (SSSR count). The first-order chi connectivity index (χ1) is 15.5. The molecule has 2 heterocycles. The molecular formula is C25H29N3O4. The Labute approximate surface area is 187 Å². The average Bonchev–Trinajstić information content (AvgIpc) is 2.82. The van der Waals surface area contributed by atoms with Crippen molar-refractivity contribution in [1.29, 1.82) is 0 Å². The van der Waals surface area contributed by atoms with Gasteiger partial charge in [0.25, 0.3) is 5.56 Å². The third-order valence-electron chi connectivity index (χ3n) is 6.20. The van der Waals surface area contributed by atoms with Gasteiger partial charge in [0.2, 0.25) is 5.91 Å². The van der Waals surface area contributed by atoms with Crippen LogP contribution < -0.4 is 15.6 Å². The lowest BCUT2D eigenvalue weighted by Crippen LogP contribution is -2.46. The summed E-state index contributed by atoms with van der Waals surface area (Å²) in [5, 5.41) is 8.78. The Bertz CT molecular complexity index is 1150. The van der Waals surface area contributed by atoms with E-state index in [1.807, 2.05) is 44.2 Å². The van der Waals surface area contributed by atoms with Gasteiger partial charge in [-0.1, -0.05) is 30.3 Å². The highest BCUT2D eigenvalue weighted by molar-refractivity contribution is 5.83. The van der Waals surface area contributed by atoms with Crippen molar-refractivity contribution >= 4 is 16.7 Å². The lowest BCUT2D eigenvalue weighted by atomic mass is 9.74. The zero-order valence-electron chi connectivity index (χ0n) is 18.6. The third kappa shape index (κ3) is 4.53. The highest BCUT2D eigenvalue weighted by atomic mass is 16.5. The van der Waals surface area contributed by atoms with Gasteiger partial charge in [-0.15, -0.1) is 0 Å². The first-order valence-corrected chi connectivity index (χ1v) is 11.1. The van der Waals surface area contributed by atoms with Gasteiger partial charge in [-0.3, -0.25) is 9.59 Å². The largest absolute Gasteiger partial charge is 0.494 e. The zero-order valence-corrected chi connectivity index (χ0v) is 18.6. The van der Waals surface area contributed by atoms with Crippen LogP contribution in [0.2, 0.25) is 0 Å². The van der Waals surface area contributed by atoms with E-state index in [4.69, 9.17) is 9.47 Å². The number of nitrogens with zero attached hydrogens (tertiary/aromatic N) is 2. The highest BCUT2D eigenvalue weighted by Crippen LogP contribution is 2.35. The van der Waals surface area contributed by atoms with E-state index in [2.05, 4.69) is 22.5 Å². The molecule has 0 spiro atoms. The summed E-state index contributed by atoms with van der Waals surface area (Å²) >= 11 is 0. The molecular weight excluding hydrogens is 406 g/mol. The van der Waals surface area contributed by atoms with Gasteiger partial charge in [0.15, 0.2) is 0 Å². The number of hydrogen-bond acceptors (Lipinski definition) is 5. The minimum Gasteiger partial charge on any atom is -0.494 e. The van der Waals surface area contributed by atoms with E-state index in [9.17, 15) is 9.59 Å². The Hall–Kier alpha value is -3.19. The van der Waals surface area contributed by atoms with E-state index in [1.165, 1.54) is 4.68 Å². The van der Waals surface area contributed by atoms with Crippen LogP contribution in [0.15, 0.2) is 53.3 Å². The predicted octanol–water partition coefficient (Wildman–Crippen LogP) is 2.97. The smallest absolute Gasteiger partial charge is 0.275 e. The molecule has 32 heavy (non-hydrogen) atoms. The van der Waals surface area contributed by atoms with E-state index < -0.39 is 0 Å². The predicted molar refractivity (Wildman–Crippen MR) is 123 cm³/mol. The van der Waals surface area contributed by atoms with Crippen LogP contribution in [-0.2, 0) is 21.5 Å². The Morgan fingerprint density at radius 2 is 1.81 bits per heavy atom. The molecule has 1 aliphatic rings. The van der Waals surface area contributed by atoms with Crippen molar-refractivity contribution in [3.63, 3.8) is 0 Å². The fourth-order valence-corrected chi connectivity index (χ4v) is 4.37.